The van der Waals surface area contributed by atoms with E-state index >= 15 is 0 Å². The molecule has 0 saturated carbocycles. The summed E-state index contributed by atoms with van der Waals surface area (Å²) in [5.41, 5.74) is 7.14. The minimum Gasteiger partial charge on any atom is -0.324 e. The standard InChI is InChI=1S/C11H15BrClN/c1-2-3-4-11(14)8-5-6-9(12)10(13)7-8/h5-7,11H,2-4,14H2,1H3/t11-/m0/s1. The molecular weight excluding hydrogens is 261 g/mol. The Morgan fingerprint density at radius 2 is 2.21 bits per heavy atom. The maximum absolute atomic E-state index is 6.03. The summed E-state index contributed by atoms with van der Waals surface area (Å²) < 4.78 is 0.922. The van der Waals surface area contributed by atoms with Crippen molar-refractivity contribution in [1.82, 2.24) is 0 Å². The van der Waals surface area contributed by atoms with E-state index < -0.39 is 0 Å². The van der Waals surface area contributed by atoms with E-state index in [2.05, 4.69) is 22.9 Å². The van der Waals surface area contributed by atoms with E-state index in [0.29, 0.717) is 0 Å². The number of benzene rings is 1. The maximum atomic E-state index is 6.03. The summed E-state index contributed by atoms with van der Waals surface area (Å²) in [6.45, 7) is 2.17. The van der Waals surface area contributed by atoms with Crippen LogP contribution in [0.5, 0.6) is 0 Å². The molecule has 0 saturated heterocycles. The second-order valence-electron chi connectivity index (χ2n) is 3.42. The molecule has 1 rings (SSSR count). The highest BCUT2D eigenvalue weighted by Gasteiger charge is 2.06. The topological polar surface area (TPSA) is 26.0 Å². The molecule has 1 atom stereocenters. The molecule has 1 nitrogen and oxygen atoms in total. The van der Waals surface area contributed by atoms with Crippen molar-refractivity contribution in [2.45, 2.75) is 32.2 Å². The first-order valence-electron chi connectivity index (χ1n) is 4.85. The summed E-state index contributed by atoms with van der Waals surface area (Å²) in [5, 5.41) is 0.731. The van der Waals surface area contributed by atoms with Gasteiger partial charge in [-0.05, 0) is 40.0 Å². The molecule has 0 bridgehead atoms. The van der Waals surface area contributed by atoms with Crippen LogP contribution in [0.15, 0.2) is 22.7 Å². The first-order chi connectivity index (χ1) is 6.65. The zero-order valence-electron chi connectivity index (χ0n) is 8.26. The quantitative estimate of drug-likeness (QED) is 0.872. The summed E-state index contributed by atoms with van der Waals surface area (Å²) in [5.74, 6) is 0. The third-order valence-electron chi connectivity index (χ3n) is 2.24. The highest BCUT2D eigenvalue weighted by atomic mass is 79.9. The average Bonchev–Trinajstić information content (AvgIpc) is 2.18. The second kappa shape index (κ2) is 5.74. The predicted octanol–water partition coefficient (Wildman–Crippen LogP) is 4.29. The van der Waals surface area contributed by atoms with Gasteiger partial charge in [-0.1, -0.05) is 37.4 Å². The Morgan fingerprint density at radius 1 is 1.50 bits per heavy atom. The van der Waals surface area contributed by atoms with Crippen molar-refractivity contribution in [2.75, 3.05) is 0 Å². The van der Waals surface area contributed by atoms with Crippen LogP contribution in [0.4, 0.5) is 0 Å². The van der Waals surface area contributed by atoms with Crippen LogP contribution in [0, 0.1) is 0 Å². The van der Waals surface area contributed by atoms with E-state index in [0.717, 1.165) is 27.9 Å². The van der Waals surface area contributed by atoms with Crippen molar-refractivity contribution >= 4 is 27.5 Å². The summed E-state index contributed by atoms with van der Waals surface area (Å²) >= 11 is 9.35. The van der Waals surface area contributed by atoms with E-state index in [-0.39, 0.29) is 6.04 Å². The minimum atomic E-state index is 0.112. The third-order valence-corrected chi connectivity index (χ3v) is 3.47. The molecule has 1 aromatic rings. The molecule has 14 heavy (non-hydrogen) atoms. The molecule has 0 fully saturated rings. The fourth-order valence-electron chi connectivity index (χ4n) is 1.33. The molecule has 0 amide bonds. The van der Waals surface area contributed by atoms with Crippen LogP contribution in [0.3, 0.4) is 0 Å². The molecule has 2 N–H and O–H groups in total. The van der Waals surface area contributed by atoms with Gasteiger partial charge in [0.25, 0.3) is 0 Å². The summed E-state index contributed by atoms with van der Waals surface area (Å²) in [4.78, 5) is 0. The normalized spacial score (nSPS) is 12.9. The Labute approximate surface area is 98.8 Å². The fourth-order valence-corrected chi connectivity index (χ4v) is 1.77. The van der Waals surface area contributed by atoms with Crippen LogP contribution in [-0.2, 0) is 0 Å². The lowest BCUT2D eigenvalue weighted by Gasteiger charge is -2.11. The molecule has 0 aliphatic rings. The number of rotatable bonds is 4. The molecule has 1 aromatic carbocycles. The van der Waals surface area contributed by atoms with Gasteiger partial charge < -0.3 is 5.73 Å². The third kappa shape index (κ3) is 3.26. The van der Waals surface area contributed by atoms with E-state index in [9.17, 15) is 0 Å². The lowest BCUT2D eigenvalue weighted by atomic mass is 10.0. The van der Waals surface area contributed by atoms with Crippen molar-refractivity contribution < 1.29 is 0 Å². The number of unbranched alkanes of at least 4 members (excludes halogenated alkanes) is 1. The Morgan fingerprint density at radius 3 is 2.79 bits per heavy atom. The van der Waals surface area contributed by atoms with Crippen molar-refractivity contribution in [3.63, 3.8) is 0 Å². The largest absolute Gasteiger partial charge is 0.324 e. The van der Waals surface area contributed by atoms with Gasteiger partial charge in [0.15, 0.2) is 0 Å². The summed E-state index contributed by atoms with van der Waals surface area (Å²) in [6.07, 6.45) is 3.36. The number of halogens is 2. The van der Waals surface area contributed by atoms with E-state index in [4.69, 9.17) is 17.3 Å². The monoisotopic (exact) mass is 275 g/mol. The van der Waals surface area contributed by atoms with Gasteiger partial charge in [0.05, 0.1) is 5.02 Å². The molecule has 0 heterocycles. The van der Waals surface area contributed by atoms with Gasteiger partial charge >= 0.3 is 0 Å². The van der Waals surface area contributed by atoms with Crippen molar-refractivity contribution in [3.05, 3.63) is 33.3 Å². The highest BCUT2D eigenvalue weighted by molar-refractivity contribution is 9.10. The first kappa shape index (κ1) is 12.0. The number of nitrogens with two attached hydrogens (primary N) is 1. The van der Waals surface area contributed by atoms with Crippen LogP contribution in [0.25, 0.3) is 0 Å². The van der Waals surface area contributed by atoms with Gasteiger partial charge in [-0.15, -0.1) is 0 Å². The molecule has 0 aliphatic heterocycles. The minimum absolute atomic E-state index is 0.112. The highest BCUT2D eigenvalue weighted by Crippen LogP contribution is 2.26. The van der Waals surface area contributed by atoms with Gasteiger partial charge in [0.1, 0.15) is 0 Å². The van der Waals surface area contributed by atoms with Crippen molar-refractivity contribution in [2.24, 2.45) is 5.73 Å². The van der Waals surface area contributed by atoms with Gasteiger partial charge in [-0.25, -0.2) is 0 Å². The Balaban J connectivity index is 2.70. The van der Waals surface area contributed by atoms with Gasteiger partial charge in [-0.3, -0.25) is 0 Å². The molecule has 0 spiro atoms. The predicted molar refractivity (Wildman–Crippen MR) is 65.6 cm³/mol. The smallest absolute Gasteiger partial charge is 0.0551 e. The number of hydrogen-bond acceptors (Lipinski definition) is 1. The lowest BCUT2D eigenvalue weighted by molar-refractivity contribution is 0.603. The molecule has 3 heteroatoms. The average molecular weight is 277 g/mol. The lowest BCUT2D eigenvalue weighted by Crippen LogP contribution is -2.09. The molecule has 78 valence electrons. The van der Waals surface area contributed by atoms with Crippen LogP contribution in [-0.4, -0.2) is 0 Å². The van der Waals surface area contributed by atoms with Gasteiger partial charge in [0.2, 0.25) is 0 Å². The van der Waals surface area contributed by atoms with E-state index in [1.165, 1.54) is 6.42 Å². The van der Waals surface area contributed by atoms with Crippen LogP contribution < -0.4 is 5.73 Å². The van der Waals surface area contributed by atoms with Crippen molar-refractivity contribution in [1.29, 1.82) is 0 Å². The summed E-state index contributed by atoms with van der Waals surface area (Å²) in [7, 11) is 0. The second-order valence-corrected chi connectivity index (χ2v) is 4.68. The first-order valence-corrected chi connectivity index (χ1v) is 6.02. The van der Waals surface area contributed by atoms with Crippen molar-refractivity contribution in [3.8, 4) is 0 Å². The molecule has 0 aromatic heterocycles. The SMILES string of the molecule is CCCC[C@H](N)c1ccc(Br)c(Cl)c1. The van der Waals surface area contributed by atoms with E-state index in [1.807, 2.05) is 18.2 Å². The van der Waals surface area contributed by atoms with Crippen LogP contribution >= 0.6 is 27.5 Å². The molecule has 0 radical (unpaired) electrons. The Kier molecular flexibility index (Phi) is 4.93. The zero-order valence-corrected chi connectivity index (χ0v) is 10.6. The van der Waals surface area contributed by atoms with Gasteiger partial charge in [0, 0.05) is 10.5 Å². The van der Waals surface area contributed by atoms with Gasteiger partial charge in [-0.2, -0.15) is 0 Å². The Hall–Kier alpha value is -0.0500. The van der Waals surface area contributed by atoms with E-state index in [1.54, 1.807) is 0 Å². The molecular formula is C11H15BrClN. The molecule has 0 unspecified atom stereocenters. The molecule has 0 aliphatic carbocycles. The zero-order chi connectivity index (χ0) is 10.6. The van der Waals surface area contributed by atoms with Crippen LogP contribution in [0.1, 0.15) is 37.8 Å². The fraction of sp³-hybridized carbons (Fsp3) is 0.455. The Bertz CT molecular complexity index is 301. The van der Waals surface area contributed by atoms with Crippen LogP contribution in [0.2, 0.25) is 5.02 Å². The summed E-state index contributed by atoms with van der Waals surface area (Å²) in [6, 6.07) is 6.02. The maximum Gasteiger partial charge on any atom is 0.0551 e. The number of hydrogen-bond donors (Lipinski definition) is 1.